The van der Waals surface area contributed by atoms with E-state index in [-0.39, 0.29) is 0 Å². The molecule has 0 aromatic rings. The van der Waals surface area contributed by atoms with Crippen molar-refractivity contribution in [3.8, 4) is 0 Å². The highest BCUT2D eigenvalue weighted by atomic mass is 14.3. The highest BCUT2D eigenvalue weighted by Gasteiger charge is 2.22. The maximum Gasteiger partial charge on any atom is -0.0380 e. The summed E-state index contributed by atoms with van der Waals surface area (Å²) in [6, 6.07) is 0. The average molecular weight is 339 g/mol. The van der Waals surface area contributed by atoms with Crippen LogP contribution in [0, 0.1) is 35.0 Å². The standard InChI is InChI=1S/C24H50/c1-10-19(5)20(6)16-23(13-4)17-21(11-2)14-15-22(12-3)18-24(7,8)9/h19-23H,10-18H2,1-9H3. The smallest absolute Gasteiger partial charge is 0.0380 e. The summed E-state index contributed by atoms with van der Waals surface area (Å²) in [5.41, 5.74) is 0.486. The predicted molar refractivity (Wildman–Crippen MR) is 113 cm³/mol. The summed E-state index contributed by atoms with van der Waals surface area (Å²) in [5.74, 6) is 4.60. The van der Waals surface area contributed by atoms with Gasteiger partial charge < -0.3 is 0 Å². The van der Waals surface area contributed by atoms with E-state index in [1.165, 1.54) is 57.8 Å². The zero-order chi connectivity index (χ0) is 18.8. The largest absolute Gasteiger partial charge is 0.0651 e. The van der Waals surface area contributed by atoms with Crippen LogP contribution in [0.1, 0.15) is 120 Å². The average Bonchev–Trinajstić information content (AvgIpc) is 2.53. The summed E-state index contributed by atoms with van der Waals surface area (Å²) >= 11 is 0. The van der Waals surface area contributed by atoms with Crippen molar-refractivity contribution in [2.24, 2.45) is 35.0 Å². The van der Waals surface area contributed by atoms with E-state index in [2.05, 4.69) is 62.3 Å². The minimum Gasteiger partial charge on any atom is -0.0651 e. The van der Waals surface area contributed by atoms with E-state index in [4.69, 9.17) is 0 Å². The Morgan fingerprint density at radius 1 is 0.583 bits per heavy atom. The second-order valence-corrected chi connectivity index (χ2v) is 10.00. The lowest BCUT2D eigenvalue weighted by Crippen LogP contribution is -2.17. The van der Waals surface area contributed by atoms with Gasteiger partial charge in [-0.2, -0.15) is 0 Å². The van der Waals surface area contributed by atoms with E-state index in [9.17, 15) is 0 Å². The number of hydrogen-bond acceptors (Lipinski definition) is 0. The molecular formula is C24H50. The van der Waals surface area contributed by atoms with Crippen molar-refractivity contribution in [1.82, 2.24) is 0 Å². The summed E-state index contributed by atoms with van der Waals surface area (Å²) in [4.78, 5) is 0. The van der Waals surface area contributed by atoms with Crippen LogP contribution in [0.2, 0.25) is 0 Å². The first-order valence-corrected chi connectivity index (χ1v) is 11.2. The first-order valence-electron chi connectivity index (χ1n) is 11.2. The molecule has 0 aromatic heterocycles. The molecule has 5 unspecified atom stereocenters. The molecule has 0 aromatic carbocycles. The molecular weight excluding hydrogens is 288 g/mol. The molecule has 0 heteroatoms. The van der Waals surface area contributed by atoms with Crippen molar-refractivity contribution in [2.45, 2.75) is 120 Å². The molecule has 0 amide bonds. The van der Waals surface area contributed by atoms with Gasteiger partial charge in [0.15, 0.2) is 0 Å². The molecule has 146 valence electrons. The van der Waals surface area contributed by atoms with Gasteiger partial charge in [0.25, 0.3) is 0 Å². The molecule has 0 rings (SSSR count). The van der Waals surface area contributed by atoms with Gasteiger partial charge in [-0.15, -0.1) is 0 Å². The van der Waals surface area contributed by atoms with Gasteiger partial charge in [-0.3, -0.25) is 0 Å². The minimum atomic E-state index is 0.486. The zero-order valence-corrected chi connectivity index (χ0v) is 18.8. The van der Waals surface area contributed by atoms with Crippen LogP contribution in [0.15, 0.2) is 0 Å². The van der Waals surface area contributed by atoms with Gasteiger partial charge in [-0.1, -0.05) is 101 Å². The Kier molecular flexibility index (Phi) is 12.4. The Bertz CT molecular complexity index is 285. The third-order valence-corrected chi connectivity index (χ3v) is 6.60. The van der Waals surface area contributed by atoms with E-state index >= 15 is 0 Å². The topological polar surface area (TPSA) is 0 Å². The predicted octanol–water partition coefficient (Wildman–Crippen LogP) is 8.74. The molecule has 5 atom stereocenters. The van der Waals surface area contributed by atoms with Gasteiger partial charge in [0.2, 0.25) is 0 Å². The maximum atomic E-state index is 2.48. The van der Waals surface area contributed by atoms with Gasteiger partial charge >= 0.3 is 0 Å². The first-order chi connectivity index (χ1) is 11.2. The van der Waals surface area contributed by atoms with Crippen molar-refractivity contribution >= 4 is 0 Å². The molecule has 24 heavy (non-hydrogen) atoms. The van der Waals surface area contributed by atoms with Crippen molar-refractivity contribution < 1.29 is 0 Å². The summed E-state index contributed by atoms with van der Waals surface area (Å²) in [6.07, 6.45) is 12.7. The van der Waals surface area contributed by atoms with Gasteiger partial charge in [-0.05, 0) is 54.3 Å². The van der Waals surface area contributed by atoms with Crippen LogP contribution in [-0.4, -0.2) is 0 Å². The molecule has 0 aliphatic heterocycles. The van der Waals surface area contributed by atoms with Crippen molar-refractivity contribution in [3.05, 3.63) is 0 Å². The van der Waals surface area contributed by atoms with Crippen LogP contribution >= 0.6 is 0 Å². The molecule has 0 spiro atoms. The van der Waals surface area contributed by atoms with E-state index in [0.717, 1.165) is 29.6 Å². The summed E-state index contributed by atoms with van der Waals surface area (Å²) in [5, 5.41) is 0. The molecule has 0 saturated heterocycles. The van der Waals surface area contributed by atoms with Crippen LogP contribution < -0.4 is 0 Å². The zero-order valence-electron chi connectivity index (χ0n) is 18.8. The lowest BCUT2D eigenvalue weighted by atomic mass is 9.77. The van der Waals surface area contributed by atoms with Crippen LogP contribution in [-0.2, 0) is 0 Å². The fourth-order valence-corrected chi connectivity index (χ4v) is 4.34. The minimum absolute atomic E-state index is 0.486. The third-order valence-electron chi connectivity index (χ3n) is 6.60. The van der Waals surface area contributed by atoms with E-state index in [0.29, 0.717) is 5.41 Å². The van der Waals surface area contributed by atoms with Crippen LogP contribution in [0.5, 0.6) is 0 Å². The maximum absolute atomic E-state index is 2.48. The van der Waals surface area contributed by atoms with Crippen LogP contribution in [0.25, 0.3) is 0 Å². The SMILES string of the molecule is CCC(CCC(CC)CC(C)(C)C)CC(CC)CC(C)C(C)CC. The quantitative estimate of drug-likeness (QED) is 0.315. The molecule has 0 bridgehead atoms. The Hall–Kier alpha value is 0. The van der Waals surface area contributed by atoms with Crippen LogP contribution in [0.4, 0.5) is 0 Å². The normalized spacial score (nSPS) is 18.9. The Morgan fingerprint density at radius 3 is 1.50 bits per heavy atom. The van der Waals surface area contributed by atoms with Crippen LogP contribution in [0.3, 0.4) is 0 Å². The van der Waals surface area contributed by atoms with E-state index in [1.807, 2.05) is 0 Å². The lowest BCUT2D eigenvalue weighted by Gasteiger charge is -2.29. The number of hydrogen-bond donors (Lipinski definition) is 0. The first kappa shape index (κ1) is 24.0. The summed E-state index contributed by atoms with van der Waals surface area (Å²) in [6.45, 7) is 21.7. The third kappa shape index (κ3) is 10.8. The van der Waals surface area contributed by atoms with Crippen molar-refractivity contribution in [2.75, 3.05) is 0 Å². The Balaban J connectivity index is 4.45. The molecule has 0 radical (unpaired) electrons. The summed E-state index contributed by atoms with van der Waals surface area (Å²) in [7, 11) is 0. The molecule has 0 fully saturated rings. The fourth-order valence-electron chi connectivity index (χ4n) is 4.34. The monoisotopic (exact) mass is 338 g/mol. The Labute approximate surface area is 155 Å². The van der Waals surface area contributed by atoms with Gasteiger partial charge in [0.1, 0.15) is 0 Å². The van der Waals surface area contributed by atoms with Gasteiger partial charge in [0.05, 0.1) is 0 Å². The highest BCUT2D eigenvalue weighted by Crippen LogP contribution is 2.34. The molecule has 0 N–H and O–H groups in total. The molecule has 0 heterocycles. The Morgan fingerprint density at radius 2 is 1.08 bits per heavy atom. The van der Waals surface area contributed by atoms with Crippen molar-refractivity contribution in [3.63, 3.8) is 0 Å². The van der Waals surface area contributed by atoms with Crippen molar-refractivity contribution in [1.29, 1.82) is 0 Å². The molecule has 0 nitrogen and oxygen atoms in total. The van der Waals surface area contributed by atoms with E-state index < -0.39 is 0 Å². The summed E-state index contributed by atoms with van der Waals surface area (Å²) < 4.78 is 0. The molecule has 0 aliphatic rings. The molecule has 0 aliphatic carbocycles. The number of rotatable bonds is 13. The highest BCUT2D eigenvalue weighted by molar-refractivity contribution is 4.73. The second kappa shape index (κ2) is 12.4. The second-order valence-electron chi connectivity index (χ2n) is 10.00. The lowest BCUT2D eigenvalue weighted by molar-refractivity contribution is 0.225. The fraction of sp³-hybridized carbons (Fsp3) is 1.00. The molecule has 0 saturated carbocycles. The van der Waals surface area contributed by atoms with Gasteiger partial charge in [-0.25, -0.2) is 0 Å². The van der Waals surface area contributed by atoms with Gasteiger partial charge in [0, 0.05) is 0 Å². The van der Waals surface area contributed by atoms with E-state index in [1.54, 1.807) is 0 Å².